The Morgan fingerprint density at radius 3 is 2.50 bits per heavy atom. The minimum Gasteiger partial charge on any atom is -0.426 e. The zero-order chi connectivity index (χ0) is 13.9. The van der Waals surface area contributed by atoms with E-state index >= 15 is 0 Å². The van der Waals surface area contributed by atoms with Crippen molar-refractivity contribution in [3.8, 4) is 0 Å². The summed E-state index contributed by atoms with van der Waals surface area (Å²) >= 11 is 0. The highest BCUT2D eigenvalue weighted by Crippen LogP contribution is 2.31. The standard InChI is InChI=1S/C12H25BN2O3/c1-4-12(3,5-2)10(14)11(16)15-8-6-7-9(15)13(17)18/h9-10,17-18H,4-8,14H2,1-3H3/t9-,10+/m0/s1. The first-order chi connectivity index (χ1) is 8.37. The zero-order valence-corrected chi connectivity index (χ0v) is 11.6. The number of amides is 1. The predicted molar refractivity (Wildman–Crippen MR) is 71.6 cm³/mol. The minimum atomic E-state index is -1.47. The van der Waals surface area contributed by atoms with E-state index in [0.717, 1.165) is 19.3 Å². The maximum atomic E-state index is 12.4. The van der Waals surface area contributed by atoms with E-state index in [9.17, 15) is 14.8 Å². The van der Waals surface area contributed by atoms with E-state index < -0.39 is 19.1 Å². The highest BCUT2D eigenvalue weighted by Gasteiger charge is 2.42. The van der Waals surface area contributed by atoms with Gasteiger partial charge in [-0.2, -0.15) is 0 Å². The van der Waals surface area contributed by atoms with Crippen LogP contribution in [-0.4, -0.2) is 46.5 Å². The molecule has 1 heterocycles. The molecule has 0 aromatic rings. The summed E-state index contributed by atoms with van der Waals surface area (Å²) in [4.78, 5) is 13.9. The van der Waals surface area contributed by atoms with Gasteiger partial charge in [0.15, 0.2) is 0 Å². The van der Waals surface area contributed by atoms with E-state index in [-0.39, 0.29) is 11.3 Å². The lowest BCUT2D eigenvalue weighted by Gasteiger charge is -2.36. The fraction of sp³-hybridized carbons (Fsp3) is 0.917. The van der Waals surface area contributed by atoms with Gasteiger partial charge in [-0.1, -0.05) is 20.8 Å². The van der Waals surface area contributed by atoms with Gasteiger partial charge in [0.05, 0.1) is 12.0 Å². The molecule has 0 spiro atoms. The first kappa shape index (κ1) is 15.5. The van der Waals surface area contributed by atoms with E-state index in [0.29, 0.717) is 13.0 Å². The lowest BCUT2D eigenvalue weighted by Crippen LogP contribution is -2.56. The fourth-order valence-corrected chi connectivity index (χ4v) is 2.54. The van der Waals surface area contributed by atoms with Gasteiger partial charge in [-0.3, -0.25) is 4.79 Å². The number of carbonyl (C=O) groups is 1. The number of nitrogens with zero attached hydrogens (tertiary/aromatic N) is 1. The zero-order valence-electron chi connectivity index (χ0n) is 11.6. The van der Waals surface area contributed by atoms with Gasteiger partial charge < -0.3 is 20.7 Å². The smallest absolute Gasteiger partial charge is 0.426 e. The summed E-state index contributed by atoms with van der Waals surface area (Å²) in [5, 5.41) is 18.6. The highest BCUT2D eigenvalue weighted by atomic mass is 16.4. The molecule has 0 aliphatic carbocycles. The normalized spacial score (nSPS) is 22.1. The Labute approximate surface area is 109 Å². The van der Waals surface area contributed by atoms with Gasteiger partial charge in [0.2, 0.25) is 5.91 Å². The summed E-state index contributed by atoms with van der Waals surface area (Å²) in [6.07, 6.45) is 3.09. The van der Waals surface area contributed by atoms with Crippen molar-refractivity contribution >= 4 is 13.0 Å². The summed E-state index contributed by atoms with van der Waals surface area (Å²) in [5.41, 5.74) is 5.87. The van der Waals surface area contributed by atoms with E-state index in [1.54, 1.807) is 4.90 Å². The van der Waals surface area contributed by atoms with Crippen molar-refractivity contribution in [1.29, 1.82) is 0 Å². The molecule has 0 saturated carbocycles. The quantitative estimate of drug-likeness (QED) is 0.611. The van der Waals surface area contributed by atoms with Crippen LogP contribution in [0.25, 0.3) is 0 Å². The maximum absolute atomic E-state index is 12.4. The third-order valence-corrected chi connectivity index (χ3v) is 4.56. The van der Waals surface area contributed by atoms with Crippen molar-refractivity contribution in [2.24, 2.45) is 11.1 Å². The van der Waals surface area contributed by atoms with Crippen LogP contribution in [0.3, 0.4) is 0 Å². The van der Waals surface area contributed by atoms with E-state index in [1.165, 1.54) is 0 Å². The summed E-state index contributed by atoms with van der Waals surface area (Å²) in [5.74, 6) is -0.654. The van der Waals surface area contributed by atoms with Crippen molar-refractivity contribution in [3.63, 3.8) is 0 Å². The van der Waals surface area contributed by atoms with Crippen LogP contribution < -0.4 is 5.73 Å². The van der Waals surface area contributed by atoms with Crippen LogP contribution in [0.15, 0.2) is 0 Å². The van der Waals surface area contributed by atoms with E-state index in [1.807, 2.05) is 20.8 Å². The molecular weight excluding hydrogens is 231 g/mol. The molecule has 1 aliphatic rings. The summed E-state index contributed by atoms with van der Waals surface area (Å²) < 4.78 is 0. The van der Waals surface area contributed by atoms with E-state index in [4.69, 9.17) is 5.73 Å². The average molecular weight is 256 g/mol. The minimum absolute atomic E-state index is 0.156. The molecule has 18 heavy (non-hydrogen) atoms. The lowest BCUT2D eigenvalue weighted by atomic mass is 9.75. The second-order valence-electron chi connectivity index (χ2n) is 5.49. The molecule has 1 aliphatic heterocycles. The maximum Gasteiger partial charge on any atom is 0.475 e. The van der Waals surface area contributed by atoms with Gasteiger partial charge in [0.1, 0.15) is 0 Å². The third kappa shape index (κ3) is 2.87. The Bertz CT molecular complexity index is 291. The molecular formula is C12H25BN2O3. The van der Waals surface area contributed by atoms with Gasteiger partial charge in [-0.05, 0) is 31.1 Å². The second kappa shape index (κ2) is 6.04. The van der Waals surface area contributed by atoms with Crippen LogP contribution in [0.5, 0.6) is 0 Å². The van der Waals surface area contributed by atoms with Crippen LogP contribution >= 0.6 is 0 Å². The Kier molecular flexibility index (Phi) is 5.19. The van der Waals surface area contributed by atoms with Crippen molar-refractivity contribution in [3.05, 3.63) is 0 Å². The van der Waals surface area contributed by atoms with Crippen LogP contribution in [-0.2, 0) is 4.79 Å². The van der Waals surface area contributed by atoms with Crippen molar-refractivity contribution in [2.45, 2.75) is 58.4 Å². The fourth-order valence-electron chi connectivity index (χ4n) is 2.54. The molecule has 1 saturated heterocycles. The van der Waals surface area contributed by atoms with Crippen molar-refractivity contribution < 1.29 is 14.8 Å². The molecule has 1 rings (SSSR count). The molecule has 104 valence electrons. The Morgan fingerprint density at radius 1 is 1.50 bits per heavy atom. The molecule has 6 heteroatoms. The average Bonchev–Trinajstić information content (AvgIpc) is 2.85. The molecule has 5 nitrogen and oxygen atoms in total. The Balaban J connectivity index is 2.80. The van der Waals surface area contributed by atoms with Gasteiger partial charge in [0, 0.05) is 6.54 Å². The number of carbonyl (C=O) groups excluding carboxylic acids is 1. The predicted octanol–water partition coefficient (Wildman–Crippen LogP) is 0.143. The van der Waals surface area contributed by atoms with Crippen molar-refractivity contribution in [2.75, 3.05) is 6.54 Å². The molecule has 0 radical (unpaired) electrons. The first-order valence-corrected chi connectivity index (χ1v) is 6.79. The van der Waals surface area contributed by atoms with Gasteiger partial charge in [-0.15, -0.1) is 0 Å². The second-order valence-corrected chi connectivity index (χ2v) is 5.49. The monoisotopic (exact) mass is 256 g/mol. The van der Waals surface area contributed by atoms with Crippen LogP contribution in [0, 0.1) is 5.41 Å². The number of hydrogen-bond donors (Lipinski definition) is 3. The summed E-state index contributed by atoms with van der Waals surface area (Å²) in [6.45, 7) is 6.63. The van der Waals surface area contributed by atoms with Crippen LogP contribution in [0.4, 0.5) is 0 Å². The third-order valence-electron chi connectivity index (χ3n) is 4.56. The Hall–Kier alpha value is -0.585. The molecule has 0 bridgehead atoms. The molecule has 0 aromatic heterocycles. The topological polar surface area (TPSA) is 86.8 Å². The molecule has 0 aromatic carbocycles. The van der Waals surface area contributed by atoms with Crippen LogP contribution in [0.1, 0.15) is 46.5 Å². The first-order valence-electron chi connectivity index (χ1n) is 6.79. The molecule has 0 unspecified atom stereocenters. The molecule has 4 N–H and O–H groups in total. The van der Waals surface area contributed by atoms with Gasteiger partial charge in [-0.25, -0.2) is 0 Å². The molecule has 1 amide bonds. The lowest BCUT2D eigenvalue weighted by molar-refractivity contribution is -0.135. The number of hydrogen-bond acceptors (Lipinski definition) is 4. The largest absolute Gasteiger partial charge is 0.475 e. The Morgan fingerprint density at radius 2 is 2.06 bits per heavy atom. The van der Waals surface area contributed by atoms with Gasteiger partial charge in [0.25, 0.3) is 0 Å². The number of likely N-dealkylation sites (tertiary alicyclic amines) is 1. The SMILES string of the molecule is CCC(C)(CC)[C@H](N)C(=O)N1CCC[C@H]1B(O)O. The summed E-state index contributed by atoms with van der Waals surface area (Å²) in [6, 6.07) is -0.577. The number of rotatable bonds is 5. The van der Waals surface area contributed by atoms with Gasteiger partial charge >= 0.3 is 7.12 Å². The van der Waals surface area contributed by atoms with Crippen molar-refractivity contribution in [1.82, 2.24) is 4.90 Å². The van der Waals surface area contributed by atoms with E-state index in [2.05, 4.69) is 0 Å². The van der Waals surface area contributed by atoms with Crippen LogP contribution in [0.2, 0.25) is 0 Å². The highest BCUT2D eigenvalue weighted by molar-refractivity contribution is 6.43. The summed E-state index contributed by atoms with van der Waals surface area (Å²) in [7, 11) is -1.47. The number of nitrogens with two attached hydrogens (primary N) is 1. The molecule has 2 atom stereocenters. The molecule has 1 fully saturated rings.